The molecular weight excluding hydrogens is 728 g/mol. The SMILES string of the molecule is CC1=Cc2c(-c3cccc4ccccc34)ccc(Br)c2[CH]1[Zr]([CH3])([CH3])(=[SiH2])[CH]1C(C(C)C)=Cc2c(-c3cccc4ccccc34)cccc21. The number of benzene rings is 6. The zero-order valence-electron chi connectivity index (χ0n) is 27.9. The summed E-state index contributed by atoms with van der Waals surface area (Å²) in [7, 11) is 0. The Morgan fingerprint density at radius 3 is 1.74 bits per heavy atom. The first-order valence-corrected chi connectivity index (χ1v) is 31.4. The second-order valence-corrected chi connectivity index (χ2v) is 46.6. The van der Waals surface area contributed by atoms with Crippen molar-refractivity contribution < 1.29 is 17.4 Å². The standard InChI is InChI=1S/C22H19.C20H14Br.2CH3.H2Si.Zr/c1-15(2)18-13-17-9-6-12-21(22(17)14-18)20-11-5-8-16-7-3-4-10-19(16)20;1-13-11-18-17(9-10-20(21)19(18)12-13)16-8-4-6-14-5-2-3-7-15(14)16;;;;/h3-15H,1-2H3;2-12H,1H3;2*1H3;1H2;. The predicted molar refractivity (Wildman–Crippen MR) is 209 cm³/mol. The Kier molecular flexibility index (Phi) is 7.45. The molecular formula is C44H41BrSiZr. The van der Waals surface area contributed by atoms with Gasteiger partial charge in [0.2, 0.25) is 0 Å². The normalized spacial score (nSPS) is 17.6. The molecule has 2 aliphatic rings. The van der Waals surface area contributed by atoms with Gasteiger partial charge in [-0.25, -0.2) is 0 Å². The van der Waals surface area contributed by atoms with E-state index < -0.39 is 17.4 Å². The van der Waals surface area contributed by atoms with E-state index in [0.29, 0.717) is 13.2 Å². The second-order valence-electron chi connectivity index (χ2n) is 15.3. The Labute approximate surface area is 290 Å². The van der Waals surface area contributed by atoms with Gasteiger partial charge in [-0.2, -0.15) is 0 Å². The van der Waals surface area contributed by atoms with E-state index in [1.807, 2.05) is 0 Å². The Hall–Kier alpha value is -3.10. The van der Waals surface area contributed by atoms with Gasteiger partial charge in [0, 0.05) is 0 Å². The summed E-state index contributed by atoms with van der Waals surface area (Å²) >= 11 is 0.334. The molecule has 232 valence electrons. The molecule has 0 saturated heterocycles. The van der Waals surface area contributed by atoms with Gasteiger partial charge in [-0.15, -0.1) is 0 Å². The Balaban J connectivity index is 1.33. The van der Waals surface area contributed by atoms with Crippen LogP contribution in [0.25, 0.3) is 56.0 Å². The summed E-state index contributed by atoms with van der Waals surface area (Å²) in [5, 5.41) is 5.24. The van der Waals surface area contributed by atoms with E-state index in [4.69, 9.17) is 0 Å². The molecule has 2 atom stereocenters. The molecule has 0 heterocycles. The molecule has 0 amide bonds. The molecule has 0 fully saturated rings. The molecule has 6 aromatic rings. The van der Waals surface area contributed by atoms with E-state index in [1.165, 1.54) is 70.5 Å². The van der Waals surface area contributed by atoms with Crippen LogP contribution in [0.4, 0.5) is 0 Å². The third-order valence-electron chi connectivity index (χ3n) is 11.2. The molecule has 6 aromatic carbocycles. The van der Waals surface area contributed by atoms with Gasteiger partial charge in [-0.3, -0.25) is 0 Å². The molecule has 0 N–H and O–H groups in total. The van der Waals surface area contributed by atoms with E-state index in [-0.39, 0.29) is 0 Å². The van der Waals surface area contributed by atoms with E-state index in [1.54, 1.807) is 11.1 Å². The Morgan fingerprint density at radius 2 is 1.13 bits per heavy atom. The van der Waals surface area contributed by atoms with Crippen molar-refractivity contribution in [3.63, 3.8) is 0 Å². The topological polar surface area (TPSA) is 0 Å². The molecule has 0 spiro atoms. The van der Waals surface area contributed by atoms with E-state index in [9.17, 15) is 0 Å². The van der Waals surface area contributed by atoms with Gasteiger partial charge >= 0.3 is 292 Å². The van der Waals surface area contributed by atoms with E-state index in [0.717, 1.165) is 0 Å². The predicted octanol–water partition coefficient (Wildman–Crippen LogP) is 12.7. The average Bonchev–Trinajstić information content (AvgIpc) is 3.65. The van der Waals surface area contributed by atoms with Crippen molar-refractivity contribution in [2.75, 3.05) is 0 Å². The van der Waals surface area contributed by atoms with Crippen LogP contribution in [0, 0.1) is 5.92 Å². The van der Waals surface area contributed by atoms with Crippen molar-refractivity contribution in [2.45, 2.75) is 37.3 Å². The summed E-state index contributed by atoms with van der Waals surface area (Å²) in [6.07, 6.45) is 5.14. The second kappa shape index (κ2) is 11.2. The Morgan fingerprint density at radius 1 is 0.596 bits per heavy atom. The number of hydrogen-bond donors (Lipinski definition) is 0. The van der Waals surface area contributed by atoms with E-state index in [2.05, 4.69) is 180 Å². The van der Waals surface area contributed by atoms with Crippen molar-refractivity contribution >= 4 is 56.5 Å². The zero-order valence-corrected chi connectivity index (χ0v) is 33.4. The third kappa shape index (κ3) is 4.83. The molecule has 8 rings (SSSR count). The summed E-state index contributed by atoms with van der Waals surface area (Å²) in [4.78, 5) is 0. The maximum atomic E-state index is 4.13. The zero-order chi connectivity index (χ0) is 32.7. The fourth-order valence-electron chi connectivity index (χ4n) is 9.36. The minimum absolute atomic E-state index is 0.438. The van der Waals surface area contributed by atoms with Crippen LogP contribution in [-0.2, 0) is 17.4 Å². The average molecular weight is 769 g/mol. The molecule has 0 radical (unpaired) electrons. The first kappa shape index (κ1) is 31.2. The van der Waals surface area contributed by atoms with E-state index >= 15 is 0 Å². The van der Waals surface area contributed by atoms with Crippen LogP contribution in [0.15, 0.2) is 131 Å². The molecule has 0 bridgehead atoms. The van der Waals surface area contributed by atoms with Crippen LogP contribution in [0.2, 0.25) is 9.26 Å². The maximum absolute atomic E-state index is 4.13. The quantitative estimate of drug-likeness (QED) is 0.153. The molecule has 2 aliphatic carbocycles. The number of halogens is 1. The molecule has 3 heteroatoms. The van der Waals surface area contributed by atoms with Crippen molar-refractivity contribution in [2.24, 2.45) is 5.92 Å². The first-order chi connectivity index (χ1) is 22.5. The minimum atomic E-state index is -3.79. The van der Waals surface area contributed by atoms with Crippen LogP contribution in [0.5, 0.6) is 0 Å². The van der Waals surface area contributed by atoms with Crippen molar-refractivity contribution in [1.29, 1.82) is 0 Å². The van der Waals surface area contributed by atoms with Crippen LogP contribution in [0.3, 0.4) is 0 Å². The van der Waals surface area contributed by atoms with Gasteiger partial charge in [0.1, 0.15) is 0 Å². The number of fused-ring (bicyclic) bond motifs is 4. The van der Waals surface area contributed by atoms with Gasteiger partial charge in [-0.05, 0) is 0 Å². The number of allylic oxidation sites excluding steroid dienone is 2. The van der Waals surface area contributed by atoms with Crippen LogP contribution in [-0.4, -0.2) is 6.88 Å². The van der Waals surface area contributed by atoms with Gasteiger partial charge in [0.15, 0.2) is 0 Å². The van der Waals surface area contributed by atoms with Crippen LogP contribution >= 0.6 is 15.9 Å². The summed E-state index contributed by atoms with van der Waals surface area (Å²) < 4.78 is 7.67. The molecule has 0 aromatic heterocycles. The molecule has 0 aliphatic heterocycles. The monoisotopic (exact) mass is 766 g/mol. The third-order valence-corrected chi connectivity index (χ3v) is 29.4. The summed E-state index contributed by atoms with van der Waals surface area (Å²) in [5.74, 6) is 0.473. The first-order valence-electron chi connectivity index (χ1n) is 16.9. The van der Waals surface area contributed by atoms with Crippen molar-refractivity contribution in [1.82, 2.24) is 0 Å². The van der Waals surface area contributed by atoms with Gasteiger partial charge < -0.3 is 0 Å². The Bertz CT molecular complexity index is 2390. The van der Waals surface area contributed by atoms with Gasteiger partial charge in [0.25, 0.3) is 0 Å². The number of rotatable bonds is 5. The molecule has 0 saturated carbocycles. The summed E-state index contributed by atoms with van der Waals surface area (Å²) in [6.45, 7) is 9.68. The summed E-state index contributed by atoms with van der Waals surface area (Å²) in [5.41, 5.74) is 14.4. The van der Waals surface area contributed by atoms with Gasteiger partial charge in [-0.1, -0.05) is 0 Å². The molecule has 47 heavy (non-hydrogen) atoms. The fourth-order valence-corrected chi connectivity index (χ4v) is 30.9. The van der Waals surface area contributed by atoms with Crippen molar-refractivity contribution in [3.8, 4) is 22.3 Å². The van der Waals surface area contributed by atoms with Crippen LogP contribution in [0.1, 0.15) is 50.3 Å². The van der Waals surface area contributed by atoms with Crippen molar-refractivity contribution in [3.05, 3.63) is 153 Å². The molecule has 2 unspecified atom stereocenters. The fraction of sp³-hybridized carbons (Fsp3) is 0.182. The van der Waals surface area contributed by atoms with Crippen LogP contribution < -0.4 is 0 Å². The molecule has 0 nitrogen and oxygen atoms in total. The van der Waals surface area contributed by atoms with Gasteiger partial charge in [0.05, 0.1) is 0 Å². The number of hydrogen-bond acceptors (Lipinski definition) is 0. The summed E-state index contributed by atoms with van der Waals surface area (Å²) in [6, 6.07) is 43.0.